The van der Waals surface area contributed by atoms with Gasteiger partial charge in [0.1, 0.15) is 13.2 Å². The van der Waals surface area contributed by atoms with Gasteiger partial charge in [-0.1, -0.05) is 6.07 Å². The van der Waals surface area contributed by atoms with Gasteiger partial charge in [-0.05, 0) is 24.7 Å². The van der Waals surface area contributed by atoms with Crippen molar-refractivity contribution >= 4 is 0 Å². The summed E-state index contributed by atoms with van der Waals surface area (Å²) in [6.07, 6.45) is 3.04. The quantitative estimate of drug-likeness (QED) is 0.908. The van der Waals surface area contributed by atoms with E-state index in [-0.39, 0.29) is 11.6 Å². The number of fused-ring (bicyclic) bond motifs is 1. The van der Waals surface area contributed by atoms with Crippen molar-refractivity contribution in [2.45, 2.75) is 12.6 Å². The molecule has 2 heterocycles. The number of ether oxygens (including phenoxy) is 2. The van der Waals surface area contributed by atoms with Gasteiger partial charge in [0.25, 0.3) is 5.56 Å². The molecule has 0 radical (unpaired) electrons. The van der Waals surface area contributed by atoms with E-state index < -0.39 is 0 Å². The molecule has 0 spiro atoms. The minimum atomic E-state index is -0.0669. The van der Waals surface area contributed by atoms with E-state index in [2.05, 4.69) is 10.3 Å². The summed E-state index contributed by atoms with van der Waals surface area (Å²) < 4.78 is 12.7. The summed E-state index contributed by atoms with van der Waals surface area (Å²) in [4.78, 5) is 15.8. The van der Waals surface area contributed by atoms with Crippen molar-refractivity contribution in [3.05, 3.63) is 52.7 Å². The van der Waals surface area contributed by atoms with E-state index in [4.69, 9.17) is 9.47 Å². The van der Waals surface area contributed by atoms with Crippen LogP contribution < -0.4 is 20.3 Å². The summed E-state index contributed by atoms with van der Waals surface area (Å²) in [7, 11) is 1.86. The smallest absolute Gasteiger partial charge is 0.253 e. The Bertz CT molecular complexity index is 684. The first-order chi connectivity index (χ1) is 10.3. The number of likely N-dealkylation sites (N-methyl/N-ethyl adjacent to an activating group) is 1. The summed E-state index contributed by atoms with van der Waals surface area (Å²) in [6.45, 7) is 1.64. The molecule has 21 heavy (non-hydrogen) atoms. The van der Waals surface area contributed by atoms with Gasteiger partial charge in [-0.25, -0.2) is 4.98 Å². The van der Waals surface area contributed by atoms with Crippen LogP contribution in [-0.2, 0) is 6.54 Å². The fourth-order valence-electron chi connectivity index (χ4n) is 2.35. The molecule has 1 N–H and O–H groups in total. The first-order valence-corrected chi connectivity index (χ1v) is 6.85. The summed E-state index contributed by atoms with van der Waals surface area (Å²) >= 11 is 0. The molecule has 6 nitrogen and oxygen atoms in total. The summed E-state index contributed by atoms with van der Waals surface area (Å²) in [5.74, 6) is 1.51. The monoisotopic (exact) mass is 287 g/mol. The first kappa shape index (κ1) is 13.6. The molecular weight excluding hydrogens is 270 g/mol. The van der Waals surface area contributed by atoms with E-state index >= 15 is 0 Å². The van der Waals surface area contributed by atoms with E-state index in [9.17, 15) is 4.79 Å². The van der Waals surface area contributed by atoms with Crippen LogP contribution in [0.2, 0.25) is 0 Å². The number of rotatable bonds is 4. The Balaban J connectivity index is 1.86. The van der Waals surface area contributed by atoms with Crippen molar-refractivity contribution in [2.75, 3.05) is 20.3 Å². The molecule has 0 saturated carbocycles. The van der Waals surface area contributed by atoms with Crippen molar-refractivity contribution in [2.24, 2.45) is 0 Å². The Morgan fingerprint density at radius 2 is 2.10 bits per heavy atom. The van der Waals surface area contributed by atoms with Crippen LogP contribution in [0.25, 0.3) is 0 Å². The Hall–Kier alpha value is -2.34. The highest BCUT2D eigenvalue weighted by Crippen LogP contribution is 2.32. The summed E-state index contributed by atoms with van der Waals surface area (Å²) in [5.41, 5.74) is 0.972. The topological polar surface area (TPSA) is 65.4 Å². The van der Waals surface area contributed by atoms with Gasteiger partial charge in [0.2, 0.25) is 0 Å². The fourth-order valence-corrected chi connectivity index (χ4v) is 2.35. The maximum atomic E-state index is 11.8. The molecule has 1 aliphatic rings. The van der Waals surface area contributed by atoms with E-state index in [0.29, 0.717) is 19.8 Å². The van der Waals surface area contributed by atoms with Crippen LogP contribution in [0.4, 0.5) is 0 Å². The van der Waals surface area contributed by atoms with Crippen LogP contribution >= 0.6 is 0 Å². The summed E-state index contributed by atoms with van der Waals surface area (Å²) in [6, 6.07) is 7.28. The van der Waals surface area contributed by atoms with Crippen molar-refractivity contribution in [3.63, 3.8) is 0 Å². The van der Waals surface area contributed by atoms with Gasteiger partial charge in [-0.3, -0.25) is 9.36 Å². The normalized spacial score (nSPS) is 14.7. The number of hydrogen-bond acceptors (Lipinski definition) is 5. The highest BCUT2D eigenvalue weighted by Gasteiger charge is 2.16. The summed E-state index contributed by atoms with van der Waals surface area (Å²) in [5, 5.41) is 3.22. The van der Waals surface area contributed by atoms with Crippen LogP contribution in [-0.4, -0.2) is 29.8 Å². The maximum absolute atomic E-state index is 11.8. The molecule has 0 bridgehead atoms. The average molecular weight is 287 g/mol. The van der Waals surface area contributed by atoms with Gasteiger partial charge in [0, 0.05) is 18.8 Å². The van der Waals surface area contributed by atoms with Crippen LogP contribution in [0.5, 0.6) is 11.5 Å². The van der Waals surface area contributed by atoms with E-state index in [1.807, 2.05) is 25.2 Å². The number of aromatic nitrogens is 2. The fraction of sp³-hybridized carbons (Fsp3) is 0.333. The third-order valence-electron chi connectivity index (χ3n) is 3.49. The van der Waals surface area contributed by atoms with Gasteiger partial charge >= 0.3 is 0 Å². The SMILES string of the molecule is CNC(Cn1cnccc1=O)c1ccc2c(c1)OCCO2. The molecule has 0 saturated heterocycles. The number of benzene rings is 1. The Morgan fingerprint density at radius 1 is 1.29 bits per heavy atom. The molecule has 0 aliphatic carbocycles. The molecule has 110 valence electrons. The molecule has 0 amide bonds. The van der Waals surface area contributed by atoms with Gasteiger partial charge in [-0.2, -0.15) is 0 Å². The molecule has 1 aromatic heterocycles. The second kappa shape index (κ2) is 5.97. The molecular formula is C15H17N3O3. The van der Waals surface area contributed by atoms with Crippen molar-refractivity contribution < 1.29 is 9.47 Å². The minimum absolute atomic E-state index is 0.0114. The van der Waals surface area contributed by atoms with E-state index in [1.165, 1.54) is 12.3 Å². The number of nitrogens with one attached hydrogen (secondary N) is 1. The standard InChI is InChI=1S/C15H17N3O3/c1-16-12(9-18-10-17-5-4-15(18)19)11-2-3-13-14(8-11)21-7-6-20-13/h2-5,8,10,12,16H,6-7,9H2,1H3. The van der Waals surface area contributed by atoms with Gasteiger partial charge in [-0.15, -0.1) is 0 Å². The predicted octanol–water partition coefficient (Wildman–Crippen LogP) is 0.975. The lowest BCUT2D eigenvalue weighted by Gasteiger charge is -2.22. The van der Waals surface area contributed by atoms with Crippen LogP contribution in [0, 0.1) is 0 Å². The van der Waals surface area contributed by atoms with Gasteiger partial charge in [0.15, 0.2) is 11.5 Å². The molecule has 2 aromatic rings. The third kappa shape index (κ3) is 2.90. The Morgan fingerprint density at radius 3 is 2.86 bits per heavy atom. The highest BCUT2D eigenvalue weighted by molar-refractivity contribution is 5.44. The van der Waals surface area contributed by atoms with Crippen molar-refractivity contribution in [3.8, 4) is 11.5 Å². The average Bonchev–Trinajstić information content (AvgIpc) is 2.54. The molecule has 3 rings (SSSR count). The van der Waals surface area contributed by atoms with Gasteiger partial charge < -0.3 is 14.8 Å². The van der Waals surface area contributed by atoms with Crippen molar-refractivity contribution in [1.29, 1.82) is 0 Å². The lowest BCUT2D eigenvalue weighted by Crippen LogP contribution is -2.28. The molecule has 1 unspecified atom stereocenters. The largest absolute Gasteiger partial charge is 0.486 e. The van der Waals surface area contributed by atoms with Crippen LogP contribution in [0.3, 0.4) is 0 Å². The highest BCUT2D eigenvalue weighted by atomic mass is 16.6. The first-order valence-electron chi connectivity index (χ1n) is 6.85. The molecule has 1 aromatic carbocycles. The molecule has 6 heteroatoms. The predicted molar refractivity (Wildman–Crippen MR) is 77.7 cm³/mol. The maximum Gasteiger partial charge on any atom is 0.253 e. The zero-order chi connectivity index (χ0) is 14.7. The second-order valence-electron chi connectivity index (χ2n) is 4.82. The Kier molecular flexibility index (Phi) is 3.87. The van der Waals surface area contributed by atoms with Crippen molar-refractivity contribution in [1.82, 2.24) is 14.9 Å². The van der Waals surface area contributed by atoms with E-state index in [0.717, 1.165) is 17.1 Å². The Labute approximate surface area is 122 Å². The molecule has 0 fully saturated rings. The zero-order valence-electron chi connectivity index (χ0n) is 11.8. The lowest BCUT2D eigenvalue weighted by molar-refractivity contribution is 0.171. The molecule has 1 atom stereocenters. The number of nitrogens with zero attached hydrogens (tertiary/aromatic N) is 2. The zero-order valence-corrected chi connectivity index (χ0v) is 11.8. The second-order valence-corrected chi connectivity index (χ2v) is 4.82. The van der Waals surface area contributed by atoms with E-state index in [1.54, 1.807) is 10.9 Å². The van der Waals surface area contributed by atoms with Gasteiger partial charge in [0.05, 0.1) is 12.4 Å². The number of hydrogen-bond donors (Lipinski definition) is 1. The lowest BCUT2D eigenvalue weighted by atomic mass is 10.1. The van der Waals surface area contributed by atoms with Crippen LogP contribution in [0.1, 0.15) is 11.6 Å². The van der Waals surface area contributed by atoms with Crippen LogP contribution in [0.15, 0.2) is 41.6 Å². The minimum Gasteiger partial charge on any atom is -0.486 e. The third-order valence-corrected chi connectivity index (χ3v) is 3.49. The molecule has 1 aliphatic heterocycles.